The third-order valence-corrected chi connectivity index (χ3v) is 6.07. The summed E-state index contributed by atoms with van der Waals surface area (Å²) in [5.41, 5.74) is 0. The molecule has 4 nitrogen and oxygen atoms in total. The van der Waals surface area contributed by atoms with Gasteiger partial charge in [0, 0.05) is 37.5 Å². The van der Waals surface area contributed by atoms with Gasteiger partial charge < -0.3 is 19.9 Å². The second kappa shape index (κ2) is 10.8. The number of nitrogens with one attached hydrogen (secondary N) is 1. The van der Waals surface area contributed by atoms with E-state index in [1.165, 1.54) is 58.4 Å². The van der Waals surface area contributed by atoms with Gasteiger partial charge in [0.25, 0.3) is 0 Å². The number of nitrogens with zero attached hydrogens (tertiary/aromatic N) is 2. The van der Waals surface area contributed by atoms with Gasteiger partial charge in [-0.05, 0) is 66.0 Å². The highest BCUT2D eigenvalue weighted by molar-refractivity contribution is 7.17. The summed E-state index contributed by atoms with van der Waals surface area (Å²) in [6, 6.07) is 1.37. The molecule has 0 saturated carbocycles. The summed E-state index contributed by atoms with van der Waals surface area (Å²) in [7, 11) is 5.77. The standard InChI is InChI=1S/C18H39N3OP2/c1-14(2)21-12-6-17(7-13-21)22-18(24)8-11-20-9-4-16(5-10-20)19-15(3)23/h14-19H,4-13,23-24H2,1-3H3. The molecule has 142 valence electrons. The second-order valence-electron chi connectivity index (χ2n) is 7.86. The van der Waals surface area contributed by atoms with Crippen molar-refractivity contribution in [3.63, 3.8) is 0 Å². The largest absolute Gasteiger partial charge is 0.371 e. The fourth-order valence-corrected chi connectivity index (χ4v) is 4.49. The molecule has 2 saturated heterocycles. The Bertz CT molecular complexity index is 341. The van der Waals surface area contributed by atoms with E-state index in [2.05, 4.69) is 54.4 Å². The molecule has 0 aromatic heterocycles. The highest BCUT2D eigenvalue weighted by Gasteiger charge is 2.24. The molecule has 6 heteroatoms. The van der Waals surface area contributed by atoms with Crippen LogP contribution in [-0.4, -0.2) is 72.3 Å². The van der Waals surface area contributed by atoms with E-state index in [1.807, 2.05) is 0 Å². The van der Waals surface area contributed by atoms with Crippen molar-refractivity contribution >= 4 is 18.5 Å². The van der Waals surface area contributed by atoms with Crippen LogP contribution >= 0.6 is 18.5 Å². The van der Waals surface area contributed by atoms with Crippen LogP contribution in [0.15, 0.2) is 0 Å². The van der Waals surface area contributed by atoms with Gasteiger partial charge in [0.05, 0.1) is 11.9 Å². The van der Waals surface area contributed by atoms with Crippen LogP contribution in [0.1, 0.15) is 52.9 Å². The predicted octanol–water partition coefficient (Wildman–Crippen LogP) is 2.74. The SMILES string of the molecule is CC(P)NC1CCN(CCC(P)OC2CCN(C(C)C)CC2)CC1. The molecule has 0 radical (unpaired) electrons. The van der Waals surface area contributed by atoms with Crippen molar-refractivity contribution in [2.24, 2.45) is 0 Å². The Balaban J connectivity index is 1.56. The van der Waals surface area contributed by atoms with Crippen molar-refractivity contribution in [3.05, 3.63) is 0 Å². The molecule has 2 rings (SSSR count). The molecule has 2 aliphatic heterocycles. The lowest BCUT2D eigenvalue weighted by Crippen LogP contribution is -2.44. The predicted molar refractivity (Wildman–Crippen MR) is 111 cm³/mol. The minimum absolute atomic E-state index is 0.309. The molecule has 0 spiro atoms. The third-order valence-electron chi connectivity index (χ3n) is 5.39. The van der Waals surface area contributed by atoms with Gasteiger partial charge in [0.2, 0.25) is 0 Å². The molecular formula is C18H39N3OP2. The normalized spacial score (nSPS) is 25.2. The lowest BCUT2D eigenvalue weighted by Gasteiger charge is -2.36. The van der Waals surface area contributed by atoms with Crippen LogP contribution in [-0.2, 0) is 4.74 Å². The van der Waals surface area contributed by atoms with E-state index in [9.17, 15) is 0 Å². The molecule has 24 heavy (non-hydrogen) atoms. The molecule has 0 aromatic carbocycles. The minimum Gasteiger partial charge on any atom is -0.371 e. The van der Waals surface area contributed by atoms with Gasteiger partial charge >= 0.3 is 0 Å². The number of ether oxygens (including phenoxy) is 1. The summed E-state index contributed by atoms with van der Waals surface area (Å²) in [6.45, 7) is 12.8. The Hall–Kier alpha value is 0.700. The lowest BCUT2D eigenvalue weighted by atomic mass is 10.0. The smallest absolute Gasteiger partial charge is 0.0724 e. The number of hydrogen-bond donors (Lipinski definition) is 1. The molecule has 0 bridgehead atoms. The van der Waals surface area contributed by atoms with Crippen molar-refractivity contribution in [2.75, 3.05) is 32.7 Å². The zero-order valence-electron chi connectivity index (χ0n) is 15.9. The molecule has 1 N–H and O–H groups in total. The first-order valence-electron chi connectivity index (χ1n) is 9.83. The first-order chi connectivity index (χ1) is 11.4. The van der Waals surface area contributed by atoms with Crippen molar-refractivity contribution in [2.45, 2.75) is 82.7 Å². The van der Waals surface area contributed by atoms with Gasteiger partial charge in [0.1, 0.15) is 0 Å². The summed E-state index contributed by atoms with van der Waals surface area (Å²) in [5.74, 6) is 0.831. The fourth-order valence-electron chi connectivity index (χ4n) is 3.85. The molecule has 2 fully saturated rings. The van der Waals surface area contributed by atoms with Crippen LogP contribution < -0.4 is 5.32 Å². The minimum atomic E-state index is 0.309. The molecule has 0 aromatic rings. The summed E-state index contributed by atoms with van der Waals surface area (Å²) < 4.78 is 6.28. The average Bonchev–Trinajstić information content (AvgIpc) is 2.54. The zero-order chi connectivity index (χ0) is 17.5. The van der Waals surface area contributed by atoms with Crippen molar-refractivity contribution < 1.29 is 4.74 Å². The van der Waals surface area contributed by atoms with Crippen LogP contribution in [0.5, 0.6) is 0 Å². The van der Waals surface area contributed by atoms with Crippen LogP contribution in [0, 0.1) is 0 Å². The van der Waals surface area contributed by atoms with Gasteiger partial charge in [0.15, 0.2) is 0 Å². The molecule has 0 aliphatic carbocycles. The molecule has 0 amide bonds. The molecule has 2 aliphatic rings. The van der Waals surface area contributed by atoms with Gasteiger partial charge in [-0.1, -0.05) is 0 Å². The number of rotatable bonds is 8. The highest BCUT2D eigenvalue weighted by atomic mass is 31.0. The quantitative estimate of drug-likeness (QED) is 0.661. The lowest BCUT2D eigenvalue weighted by molar-refractivity contribution is -0.0172. The van der Waals surface area contributed by atoms with Crippen LogP contribution in [0.4, 0.5) is 0 Å². The maximum Gasteiger partial charge on any atom is 0.0724 e. The van der Waals surface area contributed by atoms with Gasteiger partial charge in [-0.3, -0.25) is 0 Å². The first-order valence-corrected chi connectivity index (χ1v) is 11.2. The Morgan fingerprint density at radius 3 is 2.17 bits per heavy atom. The maximum absolute atomic E-state index is 6.28. The van der Waals surface area contributed by atoms with Crippen molar-refractivity contribution in [1.29, 1.82) is 0 Å². The zero-order valence-corrected chi connectivity index (χ0v) is 18.2. The van der Waals surface area contributed by atoms with E-state index in [0.717, 1.165) is 6.42 Å². The fraction of sp³-hybridized carbons (Fsp3) is 1.00. The van der Waals surface area contributed by atoms with Crippen molar-refractivity contribution in [3.8, 4) is 0 Å². The Morgan fingerprint density at radius 1 is 1.00 bits per heavy atom. The third kappa shape index (κ3) is 7.52. The van der Waals surface area contributed by atoms with Crippen LogP contribution in [0.25, 0.3) is 0 Å². The molecular weight excluding hydrogens is 336 g/mol. The van der Waals surface area contributed by atoms with E-state index in [0.29, 0.717) is 29.8 Å². The topological polar surface area (TPSA) is 27.7 Å². The summed E-state index contributed by atoms with van der Waals surface area (Å²) >= 11 is 0. The van der Waals surface area contributed by atoms with Crippen LogP contribution in [0.3, 0.4) is 0 Å². The number of likely N-dealkylation sites (tertiary alicyclic amines) is 2. The monoisotopic (exact) mass is 375 g/mol. The van der Waals surface area contributed by atoms with E-state index in [-0.39, 0.29) is 0 Å². The Kier molecular flexibility index (Phi) is 9.41. The Labute approximate surface area is 154 Å². The highest BCUT2D eigenvalue weighted by Crippen LogP contribution is 2.21. The summed E-state index contributed by atoms with van der Waals surface area (Å²) in [5, 5.41) is 3.64. The average molecular weight is 375 g/mol. The maximum atomic E-state index is 6.28. The molecule has 4 atom stereocenters. The van der Waals surface area contributed by atoms with E-state index in [1.54, 1.807) is 0 Å². The first kappa shape index (κ1) is 21.0. The Morgan fingerprint density at radius 2 is 1.62 bits per heavy atom. The number of hydrogen-bond acceptors (Lipinski definition) is 4. The van der Waals surface area contributed by atoms with E-state index >= 15 is 0 Å². The molecule has 2 heterocycles. The van der Waals surface area contributed by atoms with E-state index < -0.39 is 0 Å². The summed E-state index contributed by atoms with van der Waals surface area (Å²) in [6.07, 6.45) is 6.51. The van der Waals surface area contributed by atoms with E-state index in [4.69, 9.17) is 4.74 Å². The van der Waals surface area contributed by atoms with Gasteiger partial charge in [-0.15, -0.1) is 18.5 Å². The van der Waals surface area contributed by atoms with Crippen LogP contribution in [0.2, 0.25) is 0 Å². The van der Waals surface area contributed by atoms with Crippen molar-refractivity contribution in [1.82, 2.24) is 15.1 Å². The van der Waals surface area contributed by atoms with Gasteiger partial charge in [-0.25, -0.2) is 0 Å². The second-order valence-corrected chi connectivity index (χ2v) is 9.61. The molecule has 4 unspecified atom stereocenters. The van der Waals surface area contributed by atoms with Gasteiger partial charge in [-0.2, -0.15) is 0 Å². The summed E-state index contributed by atoms with van der Waals surface area (Å²) in [4.78, 5) is 5.17. The number of piperidine rings is 2.